The summed E-state index contributed by atoms with van der Waals surface area (Å²) in [5.74, 6) is 3.13. The van der Waals surface area contributed by atoms with Gasteiger partial charge in [0.1, 0.15) is 0 Å². The zero-order valence-electron chi connectivity index (χ0n) is 20.4. The standard InChI is InChI=1S/C29H38N2O3/c1-21(25-5-3-2-4-6-25)30-29(32)26-10-7-22(8-11-26)17-23-13-15-31(16-14-23)19-24-9-12-27-28(18-24)34-20-33-27/h7-12,18,21,23,25H,2-6,13-17,19-20H2,1H3,(H,30,32)/t21-/m1/s1. The summed E-state index contributed by atoms with van der Waals surface area (Å²) >= 11 is 0. The molecule has 2 aromatic rings. The number of hydrogen-bond donors (Lipinski definition) is 1. The number of nitrogens with zero attached hydrogens (tertiary/aromatic N) is 1. The van der Waals surface area contributed by atoms with E-state index >= 15 is 0 Å². The van der Waals surface area contributed by atoms with Crippen molar-refractivity contribution in [1.29, 1.82) is 0 Å². The lowest BCUT2D eigenvalue weighted by Crippen LogP contribution is -2.38. The van der Waals surface area contributed by atoms with Crippen LogP contribution in [-0.4, -0.2) is 36.7 Å². The van der Waals surface area contributed by atoms with E-state index in [4.69, 9.17) is 9.47 Å². The molecule has 0 radical (unpaired) electrons. The molecule has 5 heteroatoms. The van der Waals surface area contributed by atoms with Crippen molar-refractivity contribution >= 4 is 5.91 Å². The number of fused-ring (bicyclic) bond motifs is 1. The van der Waals surface area contributed by atoms with Gasteiger partial charge in [0.25, 0.3) is 5.91 Å². The zero-order chi connectivity index (χ0) is 23.3. The molecule has 1 atom stereocenters. The molecular weight excluding hydrogens is 424 g/mol. The molecule has 5 nitrogen and oxygen atoms in total. The Hall–Kier alpha value is -2.53. The summed E-state index contributed by atoms with van der Waals surface area (Å²) in [4.78, 5) is 15.3. The summed E-state index contributed by atoms with van der Waals surface area (Å²) in [6.07, 6.45) is 9.97. The number of piperidine rings is 1. The smallest absolute Gasteiger partial charge is 0.251 e. The maximum atomic E-state index is 12.7. The lowest BCUT2D eigenvalue weighted by molar-refractivity contribution is 0.0919. The lowest BCUT2D eigenvalue weighted by Gasteiger charge is -2.32. The summed E-state index contributed by atoms with van der Waals surface area (Å²) in [6, 6.07) is 14.9. The summed E-state index contributed by atoms with van der Waals surface area (Å²) in [6.45, 7) is 5.71. The van der Waals surface area contributed by atoms with E-state index in [2.05, 4.69) is 41.4 Å². The average Bonchev–Trinajstić information content (AvgIpc) is 3.34. The molecular formula is C29H38N2O3. The summed E-state index contributed by atoms with van der Waals surface area (Å²) in [5.41, 5.74) is 3.41. The molecule has 0 spiro atoms. The van der Waals surface area contributed by atoms with Crippen molar-refractivity contribution in [2.45, 2.75) is 70.9 Å². The average molecular weight is 463 g/mol. The Labute approximate surface area is 203 Å². The quantitative estimate of drug-likeness (QED) is 0.585. The minimum absolute atomic E-state index is 0.0708. The van der Waals surface area contributed by atoms with E-state index in [9.17, 15) is 4.79 Å². The van der Waals surface area contributed by atoms with Gasteiger partial charge in [0.15, 0.2) is 11.5 Å². The van der Waals surface area contributed by atoms with Crippen molar-refractivity contribution in [2.75, 3.05) is 19.9 Å². The minimum atomic E-state index is 0.0708. The van der Waals surface area contributed by atoms with Crippen LogP contribution >= 0.6 is 0 Å². The van der Waals surface area contributed by atoms with Crippen LogP contribution < -0.4 is 14.8 Å². The Morgan fingerprint density at radius 2 is 1.65 bits per heavy atom. The third-order valence-electron chi connectivity index (χ3n) is 8.01. The highest BCUT2D eigenvalue weighted by Crippen LogP contribution is 2.33. The van der Waals surface area contributed by atoms with Gasteiger partial charge in [-0.2, -0.15) is 0 Å². The van der Waals surface area contributed by atoms with Gasteiger partial charge < -0.3 is 14.8 Å². The fourth-order valence-electron chi connectivity index (χ4n) is 5.81. The van der Waals surface area contributed by atoms with Crippen LogP contribution in [0.2, 0.25) is 0 Å². The minimum Gasteiger partial charge on any atom is -0.454 e. The largest absolute Gasteiger partial charge is 0.454 e. The number of hydrogen-bond acceptors (Lipinski definition) is 4. The van der Waals surface area contributed by atoms with Crippen molar-refractivity contribution in [1.82, 2.24) is 10.2 Å². The molecule has 3 aliphatic rings. The molecule has 34 heavy (non-hydrogen) atoms. The first kappa shape index (κ1) is 23.2. The molecule has 0 bridgehead atoms. The Bertz CT molecular complexity index is 960. The van der Waals surface area contributed by atoms with Crippen LogP contribution in [0.1, 0.15) is 73.4 Å². The number of likely N-dealkylation sites (tertiary alicyclic amines) is 1. The van der Waals surface area contributed by atoms with Crippen molar-refractivity contribution in [3.05, 3.63) is 59.2 Å². The van der Waals surface area contributed by atoms with Crippen LogP contribution in [0.3, 0.4) is 0 Å². The van der Waals surface area contributed by atoms with Crippen molar-refractivity contribution in [3.8, 4) is 11.5 Å². The van der Waals surface area contributed by atoms with Crippen LogP contribution in [0.15, 0.2) is 42.5 Å². The van der Waals surface area contributed by atoms with Gasteiger partial charge in [-0.25, -0.2) is 0 Å². The maximum Gasteiger partial charge on any atom is 0.251 e. The summed E-state index contributed by atoms with van der Waals surface area (Å²) in [5, 5.41) is 3.25. The van der Waals surface area contributed by atoms with E-state index in [1.54, 1.807) is 0 Å². The molecule has 1 saturated heterocycles. The van der Waals surface area contributed by atoms with E-state index in [1.807, 2.05) is 18.2 Å². The van der Waals surface area contributed by atoms with Gasteiger partial charge in [-0.05, 0) is 99.3 Å². The number of benzene rings is 2. The van der Waals surface area contributed by atoms with Gasteiger partial charge in [0.2, 0.25) is 6.79 Å². The monoisotopic (exact) mass is 462 g/mol. The molecule has 1 saturated carbocycles. The Balaban J connectivity index is 1.07. The molecule has 0 aromatic heterocycles. The number of ether oxygens (including phenoxy) is 2. The molecule has 2 aliphatic heterocycles. The third-order valence-corrected chi connectivity index (χ3v) is 8.01. The fourth-order valence-corrected chi connectivity index (χ4v) is 5.81. The molecule has 2 aromatic carbocycles. The van der Waals surface area contributed by atoms with E-state index < -0.39 is 0 Å². The van der Waals surface area contributed by atoms with Crippen LogP contribution in [0.4, 0.5) is 0 Å². The highest BCUT2D eigenvalue weighted by atomic mass is 16.7. The van der Waals surface area contributed by atoms with Gasteiger partial charge in [0.05, 0.1) is 0 Å². The first-order chi connectivity index (χ1) is 16.6. The summed E-state index contributed by atoms with van der Waals surface area (Å²) < 4.78 is 10.9. The molecule has 0 unspecified atom stereocenters. The first-order valence-electron chi connectivity index (χ1n) is 13.1. The van der Waals surface area contributed by atoms with E-state index in [0.717, 1.165) is 43.1 Å². The molecule has 1 aliphatic carbocycles. The fraction of sp³-hybridized carbons (Fsp3) is 0.552. The SMILES string of the molecule is C[C@@H](NC(=O)c1ccc(CC2CCN(Cc3ccc4c(c3)OCO4)CC2)cc1)C1CCCCC1. The second-order valence-corrected chi connectivity index (χ2v) is 10.5. The van der Waals surface area contributed by atoms with Crippen LogP contribution in [0.5, 0.6) is 11.5 Å². The second-order valence-electron chi connectivity index (χ2n) is 10.5. The predicted octanol–water partition coefficient (Wildman–Crippen LogP) is 5.57. The highest BCUT2D eigenvalue weighted by molar-refractivity contribution is 5.94. The topological polar surface area (TPSA) is 50.8 Å². The lowest BCUT2D eigenvalue weighted by atomic mass is 9.84. The molecule has 2 fully saturated rings. The highest BCUT2D eigenvalue weighted by Gasteiger charge is 2.23. The summed E-state index contributed by atoms with van der Waals surface area (Å²) in [7, 11) is 0. The number of carbonyl (C=O) groups is 1. The molecule has 182 valence electrons. The van der Waals surface area contributed by atoms with Gasteiger partial charge in [-0.15, -0.1) is 0 Å². The number of amides is 1. The van der Waals surface area contributed by atoms with Crippen LogP contribution in [0, 0.1) is 11.8 Å². The van der Waals surface area contributed by atoms with Gasteiger partial charge in [0, 0.05) is 18.2 Å². The van der Waals surface area contributed by atoms with Gasteiger partial charge in [-0.1, -0.05) is 37.5 Å². The number of rotatable bonds is 7. The normalized spacial score (nSPS) is 20.3. The van der Waals surface area contributed by atoms with E-state index in [-0.39, 0.29) is 11.9 Å². The van der Waals surface area contributed by atoms with Crippen molar-refractivity contribution in [3.63, 3.8) is 0 Å². The molecule has 5 rings (SSSR count). The van der Waals surface area contributed by atoms with Crippen LogP contribution in [-0.2, 0) is 13.0 Å². The second kappa shape index (κ2) is 10.8. The predicted molar refractivity (Wildman–Crippen MR) is 134 cm³/mol. The maximum absolute atomic E-state index is 12.7. The molecule has 1 amide bonds. The number of carbonyl (C=O) groups excluding carboxylic acids is 1. The molecule has 1 N–H and O–H groups in total. The first-order valence-corrected chi connectivity index (χ1v) is 13.1. The van der Waals surface area contributed by atoms with Crippen molar-refractivity contribution in [2.24, 2.45) is 11.8 Å². The Kier molecular flexibility index (Phi) is 7.39. The van der Waals surface area contributed by atoms with Gasteiger partial charge in [-0.3, -0.25) is 9.69 Å². The Morgan fingerprint density at radius 3 is 2.41 bits per heavy atom. The zero-order valence-corrected chi connectivity index (χ0v) is 20.4. The third kappa shape index (κ3) is 5.75. The van der Waals surface area contributed by atoms with Crippen molar-refractivity contribution < 1.29 is 14.3 Å². The Morgan fingerprint density at radius 1 is 0.941 bits per heavy atom. The van der Waals surface area contributed by atoms with E-state index in [0.29, 0.717) is 18.6 Å². The molecule has 2 heterocycles. The number of nitrogens with one attached hydrogen (secondary N) is 1. The van der Waals surface area contributed by atoms with Gasteiger partial charge >= 0.3 is 0 Å². The van der Waals surface area contributed by atoms with Crippen LogP contribution in [0.25, 0.3) is 0 Å². The van der Waals surface area contributed by atoms with E-state index in [1.165, 1.54) is 56.1 Å².